The number of nitrogens with one attached hydrogen (secondary N) is 2. The van der Waals surface area contributed by atoms with Gasteiger partial charge >= 0.3 is 6.36 Å². The predicted molar refractivity (Wildman–Crippen MR) is 163 cm³/mol. The zero-order chi connectivity index (χ0) is 32.7. The summed E-state index contributed by atoms with van der Waals surface area (Å²) < 4.78 is 47.7. The van der Waals surface area contributed by atoms with Gasteiger partial charge in [-0.1, -0.05) is 18.2 Å². The average Bonchev–Trinajstić information content (AvgIpc) is 3.01. The number of rotatable bonds is 9. The van der Waals surface area contributed by atoms with Crippen molar-refractivity contribution >= 4 is 23.4 Å². The number of pyridine rings is 1. The van der Waals surface area contributed by atoms with E-state index in [0.29, 0.717) is 81.0 Å². The van der Waals surface area contributed by atoms with E-state index in [1.807, 2.05) is 12.1 Å². The molecule has 0 spiro atoms. The SMILES string of the molecule is CC(=O)Nc1cccc(OC2CCN(C(=O)c3ccc(C(=O)NC4CCN(Cc5cccc(OC(F)(F)F)c5)CC4)cn3)CC2)c1. The molecule has 2 aliphatic heterocycles. The number of carbonyl (C=O) groups excluding carboxylic acids is 3. The molecule has 0 bridgehead atoms. The molecule has 1 aromatic heterocycles. The van der Waals surface area contributed by atoms with E-state index < -0.39 is 6.36 Å². The summed E-state index contributed by atoms with van der Waals surface area (Å²) in [6, 6.07) is 16.3. The minimum Gasteiger partial charge on any atom is -0.490 e. The summed E-state index contributed by atoms with van der Waals surface area (Å²) in [5.74, 6) is -0.231. The number of halogens is 3. The molecular weight excluding hydrogens is 603 g/mol. The van der Waals surface area contributed by atoms with Gasteiger partial charge in [0.25, 0.3) is 11.8 Å². The molecule has 2 aromatic carbocycles. The monoisotopic (exact) mass is 639 g/mol. The summed E-state index contributed by atoms with van der Waals surface area (Å²) in [4.78, 5) is 45.4. The molecule has 3 amide bonds. The fourth-order valence-corrected chi connectivity index (χ4v) is 5.64. The van der Waals surface area contributed by atoms with Crippen LogP contribution in [0.15, 0.2) is 66.9 Å². The molecule has 244 valence electrons. The van der Waals surface area contributed by atoms with Crippen LogP contribution in [-0.4, -0.2) is 77.2 Å². The Kier molecular flexibility index (Phi) is 10.4. The van der Waals surface area contributed by atoms with Gasteiger partial charge in [0.2, 0.25) is 5.91 Å². The van der Waals surface area contributed by atoms with Crippen LogP contribution in [-0.2, 0) is 11.3 Å². The number of alkyl halides is 3. The van der Waals surface area contributed by atoms with Crippen molar-refractivity contribution in [1.82, 2.24) is 20.1 Å². The first-order valence-corrected chi connectivity index (χ1v) is 15.2. The molecule has 0 aliphatic carbocycles. The molecule has 2 fully saturated rings. The van der Waals surface area contributed by atoms with Gasteiger partial charge in [-0.3, -0.25) is 24.3 Å². The number of hydrogen-bond donors (Lipinski definition) is 2. The maximum atomic E-state index is 13.1. The Hall–Kier alpha value is -4.65. The highest BCUT2D eigenvalue weighted by atomic mass is 19.4. The van der Waals surface area contributed by atoms with E-state index in [9.17, 15) is 27.6 Å². The van der Waals surface area contributed by atoms with Crippen molar-refractivity contribution < 1.29 is 37.0 Å². The highest BCUT2D eigenvalue weighted by Gasteiger charge is 2.31. The summed E-state index contributed by atoms with van der Waals surface area (Å²) in [5, 5.41) is 5.76. The smallest absolute Gasteiger partial charge is 0.490 e. The molecular formula is C33H36F3N5O5. The van der Waals surface area contributed by atoms with Crippen LogP contribution in [0.3, 0.4) is 0 Å². The molecule has 0 saturated carbocycles. The lowest BCUT2D eigenvalue weighted by atomic mass is 10.0. The zero-order valence-corrected chi connectivity index (χ0v) is 25.4. The molecule has 3 aromatic rings. The third-order valence-electron chi connectivity index (χ3n) is 7.89. The van der Waals surface area contributed by atoms with E-state index in [2.05, 4.69) is 25.3 Å². The van der Waals surface area contributed by atoms with Crippen molar-refractivity contribution in [1.29, 1.82) is 0 Å². The van der Waals surface area contributed by atoms with Crippen LogP contribution in [0, 0.1) is 0 Å². The minimum atomic E-state index is -4.74. The number of aromatic nitrogens is 1. The van der Waals surface area contributed by atoms with Gasteiger partial charge in [-0.15, -0.1) is 13.2 Å². The van der Waals surface area contributed by atoms with Crippen molar-refractivity contribution in [3.63, 3.8) is 0 Å². The van der Waals surface area contributed by atoms with Crippen LogP contribution in [0.5, 0.6) is 11.5 Å². The average molecular weight is 640 g/mol. The summed E-state index contributed by atoms with van der Waals surface area (Å²) in [7, 11) is 0. The van der Waals surface area contributed by atoms with Gasteiger partial charge in [0.05, 0.1) is 5.56 Å². The number of nitrogens with zero attached hydrogens (tertiary/aromatic N) is 3. The molecule has 2 saturated heterocycles. The van der Waals surface area contributed by atoms with Crippen LogP contribution in [0.25, 0.3) is 0 Å². The van der Waals surface area contributed by atoms with Crippen molar-refractivity contribution in [2.24, 2.45) is 0 Å². The number of likely N-dealkylation sites (tertiary alicyclic amines) is 2. The van der Waals surface area contributed by atoms with Gasteiger partial charge in [-0.2, -0.15) is 0 Å². The molecule has 2 aliphatic rings. The third-order valence-corrected chi connectivity index (χ3v) is 7.89. The number of hydrogen-bond acceptors (Lipinski definition) is 7. The third kappa shape index (κ3) is 9.43. The standard InChI is InChI=1S/C33H36F3N5O5/c1-22(42)38-26-5-3-6-28(19-26)45-27-12-16-41(17-13-27)32(44)30-9-8-24(20-37-30)31(43)39-25-10-14-40(15-11-25)21-23-4-2-7-29(18-23)46-33(34,35)36/h2-9,18-20,25,27H,10-17,21H2,1H3,(H,38,42)(H,39,43). The topological polar surface area (TPSA) is 113 Å². The first-order chi connectivity index (χ1) is 22.0. The molecule has 3 heterocycles. The summed E-state index contributed by atoms with van der Waals surface area (Å²) in [6.07, 6.45) is -0.718. The molecule has 0 unspecified atom stereocenters. The number of amides is 3. The number of carbonyl (C=O) groups is 3. The fourth-order valence-electron chi connectivity index (χ4n) is 5.64. The van der Waals surface area contributed by atoms with E-state index in [1.54, 1.807) is 35.2 Å². The van der Waals surface area contributed by atoms with Crippen molar-refractivity contribution in [3.8, 4) is 11.5 Å². The molecule has 13 heteroatoms. The summed E-state index contributed by atoms with van der Waals surface area (Å²) in [6.45, 7) is 4.28. The van der Waals surface area contributed by atoms with E-state index in [0.717, 1.165) is 0 Å². The lowest BCUT2D eigenvalue weighted by Crippen LogP contribution is -2.44. The van der Waals surface area contributed by atoms with Gasteiger partial charge in [0.1, 0.15) is 23.3 Å². The van der Waals surface area contributed by atoms with Crippen LogP contribution in [0.4, 0.5) is 18.9 Å². The van der Waals surface area contributed by atoms with Crippen LogP contribution >= 0.6 is 0 Å². The van der Waals surface area contributed by atoms with Gasteiger partial charge in [-0.25, -0.2) is 0 Å². The molecule has 10 nitrogen and oxygen atoms in total. The lowest BCUT2D eigenvalue weighted by molar-refractivity contribution is -0.274. The van der Waals surface area contributed by atoms with Gasteiger partial charge in [0.15, 0.2) is 0 Å². The maximum absolute atomic E-state index is 13.1. The number of ether oxygens (including phenoxy) is 2. The quantitative estimate of drug-likeness (QED) is 0.338. The van der Waals surface area contributed by atoms with E-state index in [1.165, 1.54) is 31.3 Å². The highest BCUT2D eigenvalue weighted by molar-refractivity contribution is 5.96. The Morgan fingerprint density at radius 2 is 1.63 bits per heavy atom. The number of benzene rings is 2. The van der Waals surface area contributed by atoms with Crippen LogP contribution < -0.4 is 20.1 Å². The van der Waals surface area contributed by atoms with E-state index in [-0.39, 0.29) is 41.3 Å². The molecule has 2 N–H and O–H groups in total. The van der Waals surface area contributed by atoms with Gasteiger partial charge in [-0.05, 0) is 54.8 Å². The first kappa shape index (κ1) is 32.7. The molecule has 46 heavy (non-hydrogen) atoms. The van der Waals surface area contributed by atoms with Crippen LogP contribution in [0.1, 0.15) is 59.0 Å². The Labute approximate surface area is 264 Å². The molecule has 0 radical (unpaired) electrons. The normalized spacial score (nSPS) is 16.5. The summed E-state index contributed by atoms with van der Waals surface area (Å²) >= 11 is 0. The Bertz CT molecular complexity index is 1520. The van der Waals surface area contributed by atoms with E-state index in [4.69, 9.17) is 4.74 Å². The second kappa shape index (κ2) is 14.6. The number of piperidine rings is 2. The zero-order valence-electron chi connectivity index (χ0n) is 25.4. The highest BCUT2D eigenvalue weighted by Crippen LogP contribution is 2.25. The maximum Gasteiger partial charge on any atom is 0.573 e. The molecule has 0 atom stereocenters. The fraction of sp³-hybridized carbons (Fsp3) is 0.394. The van der Waals surface area contributed by atoms with Crippen molar-refractivity contribution in [3.05, 3.63) is 83.7 Å². The molecule has 5 rings (SSSR count). The Balaban J connectivity index is 1.04. The Morgan fingerprint density at radius 1 is 0.913 bits per heavy atom. The first-order valence-electron chi connectivity index (χ1n) is 15.2. The predicted octanol–water partition coefficient (Wildman–Crippen LogP) is 5.02. The van der Waals surface area contributed by atoms with Crippen molar-refractivity contribution in [2.75, 3.05) is 31.5 Å². The van der Waals surface area contributed by atoms with Gasteiger partial charge < -0.3 is 25.0 Å². The largest absolute Gasteiger partial charge is 0.573 e. The second-order valence-corrected chi connectivity index (χ2v) is 11.5. The van der Waals surface area contributed by atoms with Crippen LogP contribution in [0.2, 0.25) is 0 Å². The minimum absolute atomic E-state index is 0.0543. The number of anilines is 1. The Morgan fingerprint density at radius 3 is 2.30 bits per heavy atom. The van der Waals surface area contributed by atoms with Gasteiger partial charge in [0, 0.05) is 76.5 Å². The lowest BCUT2D eigenvalue weighted by Gasteiger charge is -2.32. The second-order valence-electron chi connectivity index (χ2n) is 11.5. The van der Waals surface area contributed by atoms with Crippen molar-refractivity contribution in [2.45, 2.75) is 57.7 Å². The summed E-state index contributed by atoms with van der Waals surface area (Å²) in [5.41, 5.74) is 1.99. The van der Waals surface area contributed by atoms with E-state index >= 15 is 0 Å².